The molecule has 1 saturated heterocycles. The van der Waals surface area contributed by atoms with E-state index < -0.39 is 0 Å². The lowest BCUT2D eigenvalue weighted by molar-refractivity contribution is -0.121. The molecule has 140 valence electrons. The normalized spacial score (nSPS) is 15.9. The molecule has 26 heavy (non-hydrogen) atoms. The maximum atomic E-state index is 12.5. The van der Waals surface area contributed by atoms with Crippen molar-refractivity contribution < 1.29 is 4.79 Å². The molecule has 1 aliphatic heterocycles. The number of aromatic nitrogens is 2. The summed E-state index contributed by atoms with van der Waals surface area (Å²) in [6, 6.07) is 7.96. The molecule has 1 amide bonds. The zero-order valence-corrected chi connectivity index (χ0v) is 17.2. The van der Waals surface area contributed by atoms with Gasteiger partial charge in [0.25, 0.3) is 0 Å². The number of carbonyl (C=O) groups excluding carboxylic acids is 1. The van der Waals surface area contributed by atoms with Crippen molar-refractivity contribution in [3.8, 4) is 0 Å². The fourth-order valence-electron chi connectivity index (χ4n) is 2.96. The largest absolute Gasteiger partial charge is 0.300 e. The third kappa shape index (κ3) is 5.67. The van der Waals surface area contributed by atoms with Gasteiger partial charge in [0, 0.05) is 23.2 Å². The zero-order valence-electron chi connectivity index (χ0n) is 14.8. The molecular formula is C18H23ClN4OS2. The van der Waals surface area contributed by atoms with Gasteiger partial charge in [-0.3, -0.25) is 9.69 Å². The smallest absolute Gasteiger partial charge is 0.229 e. The number of nitrogens with one attached hydrogen (secondary N) is 1. The van der Waals surface area contributed by atoms with Gasteiger partial charge in [-0.05, 0) is 50.0 Å². The fraction of sp³-hybridized carbons (Fsp3) is 0.500. The Morgan fingerprint density at radius 1 is 1.38 bits per heavy atom. The van der Waals surface area contributed by atoms with Crippen molar-refractivity contribution in [2.75, 3.05) is 24.2 Å². The predicted molar refractivity (Wildman–Crippen MR) is 109 cm³/mol. The molecule has 0 atom stereocenters. The van der Waals surface area contributed by atoms with Crippen molar-refractivity contribution in [2.45, 2.75) is 37.1 Å². The van der Waals surface area contributed by atoms with Crippen molar-refractivity contribution in [1.29, 1.82) is 0 Å². The SMILES string of the molecule is CCCSc1nnc(NC(=O)C2CCN(Cc3cccc(Cl)c3)CC2)s1. The van der Waals surface area contributed by atoms with Crippen LogP contribution < -0.4 is 5.32 Å². The van der Waals surface area contributed by atoms with Gasteiger partial charge < -0.3 is 5.32 Å². The molecule has 1 aliphatic rings. The first kappa shape index (κ1) is 19.6. The number of anilines is 1. The molecule has 0 saturated carbocycles. The lowest BCUT2D eigenvalue weighted by Crippen LogP contribution is -2.37. The molecule has 2 heterocycles. The van der Waals surface area contributed by atoms with Crippen molar-refractivity contribution in [1.82, 2.24) is 15.1 Å². The quantitative estimate of drug-likeness (QED) is 0.536. The van der Waals surface area contributed by atoms with Crippen molar-refractivity contribution in [2.24, 2.45) is 5.92 Å². The van der Waals surface area contributed by atoms with Gasteiger partial charge in [0.1, 0.15) is 0 Å². The van der Waals surface area contributed by atoms with E-state index in [1.54, 1.807) is 11.8 Å². The first-order chi connectivity index (χ1) is 12.6. The number of rotatable bonds is 7. The molecule has 8 heteroatoms. The van der Waals surface area contributed by atoms with Gasteiger partial charge in [0.05, 0.1) is 0 Å². The Balaban J connectivity index is 1.45. The van der Waals surface area contributed by atoms with Crippen molar-refractivity contribution >= 4 is 45.7 Å². The first-order valence-corrected chi connectivity index (χ1v) is 11.1. The standard InChI is InChI=1S/C18H23ClN4OS2/c1-2-10-25-18-22-21-17(26-18)20-16(24)14-6-8-23(9-7-14)12-13-4-3-5-15(19)11-13/h3-5,11,14H,2,6-10,12H2,1H3,(H,20,21,24). The second-order valence-electron chi connectivity index (χ2n) is 6.39. The maximum Gasteiger partial charge on any atom is 0.229 e. The number of nitrogens with zero attached hydrogens (tertiary/aromatic N) is 3. The van der Waals surface area contributed by atoms with E-state index in [1.807, 2.05) is 18.2 Å². The molecule has 0 radical (unpaired) electrons. The summed E-state index contributed by atoms with van der Waals surface area (Å²) >= 11 is 9.19. The summed E-state index contributed by atoms with van der Waals surface area (Å²) in [5, 5.41) is 12.5. The molecule has 0 spiro atoms. The van der Waals surface area contributed by atoms with Gasteiger partial charge in [-0.25, -0.2) is 0 Å². The van der Waals surface area contributed by atoms with Gasteiger partial charge in [0.15, 0.2) is 4.34 Å². The van der Waals surface area contributed by atoms with Crippen LogP contribution in [0.1, 0.15) is 31.7 Å². The third-order valence-corrected chi connectivity index (χ3v) is 6.73. The molecule has 1 aromatic carbocycles. The Hall–Kier alpha value is -1.15. The van der Waals surface area contributed by atoms with E-state index in [9.17, 15) is 4.79 Å². The average Bonchev–Trinajstić information content (AvgIpc) is 3.08. The van der Waals surface area contributed by atoms with Gasteiger partial charge >= 0.3 is 0 Å². The number of halogens is 1. The van der Waals surface area contributed by atoms with E-state index in [0.717, 1.165) is 54.0 Å². The van der Waals surface area contributed by atoms with Gasteiger partial charge in [0.2, 0.25) is 11.0 Å². The van der Waals surface area contributed by atoms with Crippen LogP contribution in [0.4, 0.5) is 5.13 Å². The zero-order chi connectivity index (χ0) is 18.4. The Kier molecular flexibility index (Phi) is 7.31. The molecule has 3 rings (SSSR count). The van der Waals surface area contributed by atoms with Crippen LogP contribution in [0.5, 0.6) is 0 Å². The van der Waals surface area contributed by atoms with Crippen LogP contribution in [0.3, 0.4) is 0 Å². The number of likely N-dealkylation sites (tertiary alicyclic amines) is 1. The van der Waals surface area contributed by atoms with E-state index >= 15 is 0 Å². The number of benzene rings is 1. The minimum absolute atomic E-state index is 0.0428. The van der Waals surface area contributed by atoms with Gasteiger partial charge in [-0.2, -0.15) is 0 Å². The van der Waals surface area contributed by atoms with Crippen LogP contribution in [0.25, 0.3) is 0 Å². The van der Waals surface area contributed by atoms with Crippen LogP contribution in [0.15, 0.2) is 28.6 Å². The van der Waals surface area contributed by atoms with Crippen LogP contribution in [0.2, 0.25) is 5.02 Å². The number of carbonyl (C=O) groups is 1. The third-order valence-electron chi connectivity index (χ3n) is 4.32. The molecular weight excluding hydrogens is 388 g/mol. The molecule has 2 aromatic rings. The highest BCUT2D eigenvalue weighted by Crippen LogP contribution is 2.27. The Labute approximate surface area is 167 Å². The van der Waals surface area contributed by atoms with E-state index in [2.05, 4.69) is 33.4 Å². The Bertz CT molecular complexity index is 731. The topological polar surface area (TPSA) is 58.1 Å². The lowest BCUT2D eigenvalue weighted by atomic mass is 9.95. The maximum absolute atomic E-state index is 12.5. The first-order valence-electron chi connectivity index (χ1n) is 8.88. The summed E-state index contributed by atoms with van der Waals surface area (Å²) in [5.74, 6) is 1.13. The number of amides is 1. The van der Waals surface area contributed by atoms with Crippen LogP contribution in [0, 0.1) is 5.92 Å². The second kappa shape index (κ2) is 9.69. The van der Waals surface area contributed by atoms with Crippen LogP contribution in [-0.2, 0) is 11.3 Å². The highest BCUT2D eigenvalue weighted by atomic mass is 35.5. The molecule has 0 bridgehead atoms. The minimum atomic E-state index is 0.0428. The van der Waals surface area contributed by atoms with E-state index in [-0.39, 0.29) is 11.8 Å². The molecule has 5 nitrogen and oxygen atoms in total. The highest BCUT2D eigenvalue weighted by molar-refractivity contribution is 8.01. The Morgan fingerprint density at radius 2 is 2.19 bits per heavy atom. The van der Waals surface area contributed by atoms with Gasteiger partial charge in [-0.1, -0.05) is 53.8 Å². The minimum Gasteiger partial charge on any atom is -0.300 e. The summed E-state index contributed by atoms with van der Waals surface area (Å²) in [6.45, 7) is 4.84. The summed E-state index contributed by atoms with van der Waals surface area (Å²) < 4.78 is 0.915. The average molecular weight is 411 g/mol. The van der Waals surface area contributed by atoms with E-state index in [4.69, 9.17) is 11.6 Å². The molecule has 1 aromatic heterocycles. The second-order valence-corrected chi connectivity index (χ2v) is 9.15. The number of thioether (sulfide) groups is 1. The molecule has 1 fully saturated rings. The van der Waals surface area contributed by atoms with Crippen LogP contribution >= 0.6 is 34.7 Å². The Morgan fingerprint density at radius 3 is 2.92 bits per heavy atom. The van der Waals surface area contributed by atoms with Crippen LogP contribution in [-0.4, -0.2) is 39.8 Å². The number of piperidine rings is 1. The molecule has 0 unspecified atom stereocenters. The molecule has 1 N–H and O–H groups in total. The van der Waals surface area contributed by atoms with Crippen molar-refractivity contribution in [3.63, 3.8) is 0 Å². The summed E-state index contributed by atoms with van der Waals surface area (Å²) in [7, 11) is 0. The lowest BCUT2D eigenvalue weighted by Gasteiger charge is -2.31. The number of hydrogen-bond donors (Lipinski definition) is 1. The van der Waals surface area contributed by atoms with E-state index in [1.165, 1.54) is 16.9 Å². The monoisotopic (exact) mass is 410 g/mol. The van der Waals surface area contributed by atoms with E-state index in [0.29, 0.717) is 5.13 Å². The summed E-state index contributed by atoms with van der Waals surface area (Å²) in [5.41, 5.74) is 1.21. The highest BCUT2D eigenvalue weighted by Gasteiger charge is 2.25. The van der Waals surface area contributed by atoms with Crippen molar-refractivity contribution in [3.05, 3.63) is 34.9 Å². The fourth-order valence-corrected chi connectivity index (χ4v) is 4.86. The molecule has 0 aliphatic carbocycles. The summed E-state index contributed by atoms with van der Waals surface area (Å²) in [4.78, 5) is 14.9. The number of hydrogen-bond acceptors (Lipinski definition) is 6. The van der Waals surface area contributed by atoms with Gasteiger partial charge in [-0.15, -0.1) is 10.2 Å². The predicted octanol–water partition coefficient (Wildman–Crippen LogP) is 4.54. The summed E-state index contributed by atoms with van der Waals surface area (Å²) in [6.07, 6.45) is 2.82.